The van der Waals surface area contributed by atoms with Gasteiger partial charge in [-0.3, -0.25) is 9.59 Å². The number of benzene rings is 2. The van der Waals surface area contributed by atoms with Gasteiger partial charge in [0.15, 0.2) is 11.5 Å². The van der Waals surface area contributed by atoms with E-state index in [1.54, 1.807) is 23.1 Å². The number of carbonyl (C=O) groups is 2. The third kappa shape index (κ3) is 6.08. The van der Waals surface area contributed by atoms with Crippen LogP contribution >= 0.6 is 23.2 Å². The van der Waals surface area contributed by atoms with Crippen molar-refractivity contribution in [1.29, 1.82) is 0 Å². The molecule has 32 heavy (non-hydrogen) atoms. The van der Waals surface area contributed by atoms with E-state index in [4.69, 9.17) is 32.7 Å². The van der Waals surface area contributed by atoms with Gasteiger partial charge >= 0.3 is 0 Å². The van der Waals surface area contributed by atoms with Gasteiger partial charge < -0.3 is 19.7 Å². The summed E-state index contributed by atoms with van der Waals surface area (Å²) in [6.45, 7) is 4.89. The molecule has 2 amide bonds. The predicted octanol–water partition coefficient (Wildman–Crippen LogP) is 4.99. The highest BCUT2D eigenvalue weighted by atomic mass is 35.5. The van der Waals surface area contributed by atoms with Crippen LogP contribution in [0, 0.1) is 0 Å². The molecule has 1 N–H and O–H groups in total. The predicted molar refractivity (Wildman–Crippen MR) is 125 cm³/mol. The minimum Gasteiger partial charge on any atom is -0.454 e. The van der Waals surface area contributed by atoms with E-state index < -0.39 is 6.04 Å². The maximum Gasteiger partial charge on any atom is 0.242 e. The first-order valence-corrected chi connectivity index (χ1v) is 11.6. The Balaban J connectivity index is 1.77. The fourth-order valence-corrected chi connectivity index (χ4v) is 4.08. The van der Waals surface area contributed by atoms with E-state index in [0.717, 1.165) is 17.5 Å². The van der Waals surface area contributed by atoms with Gasteiger partial charge in [-0.15, -0.1) is 0 Å². The highest BCUT2D eigenvalue weighted by Crippen LogP contribution is 2.33. The van der Waals surface area contributed by atoms with E-state index in [1.165, 1.54) is 0 Å². The Morgan fingerprint density at radius 3 is 2.59 bits per heavy atom. The number of rotatable bonds is 10. The summed E-state index contributed by atoms with van der Waals surface area (Å²) in [5.41, 5.74) is 1.71. The fourth-order valence-electron chi connectivity index (χ4n) is 3.61. The van der Waals surface area contributed by atoms with Crippen molar-refractivity contribution in [3.05, 3.63) is 57.6 Å². The number of hydrogen-bond acceptors (Lipinski definition) is 4. The van der Waals surface area contributed by atoms with Crippen molar-refractivity contribution in [2.75, 3.05) is 13.3 Å². The molecule has 2 aromatic rings. The van der Waals surface area contributed by atoms with Crippen molar-refractivity contribution < 1.29 is 19.1 Å². The van der Waals surface area contributed by atoms with Crippen LogP contribution in [0.25, 0.3) is 0 Å². The van der Waals surface area contributed by atoms with E-state index in [1.807, 2.05) is 32.0 Å². The number of fused-ring (bicyclic) bond motifs is 1. The zero-order chi connectivity index (χ0) is 23.1. The molecule has 0 fully saturated rings. The van der Waals surface area contributed by atoms with E-state index in [-0.39, 0.29) is 31.6 Å². The van der Waals surface area contributed by atoms with Gasteiger partial charge in [0.2, 0.25) is 18.6 Å². The molecule has 0 unspecified atom stereocenters. The van der Waals surface area contributed by atoms with Crippen LogP contribution in [-0.4, -0.2) is 36.1 Å². The van der Waals surface area contributed by atoms with Crippen LogP contribution in [0.2, 0.25) is 10.0 Å². The molecule has 0 spiro atoms. The molecule has 1 heterocycles. The number of ether oxygens (including phenoxy) is 2. The van der Waals surface area contributed by atoms with Crippen LogP contribution in [0.15, 0.2) is 36.4 Å². The molecule has 1 aliphatic heterocycles. The highest BCUT2D eigenvalue weighted by molar-refractivity contribution is 6.35. The molecule has 0 bridgehead atoms. The molecule has 0 radical (unpaired) electrons. The quantitative estimate of drug-likeness (QED) is 0.522. The number of nitrogens with zero attached hydrogens (tertiary/aromatic N) is 1. The maximum absolute atomic E-state index is 13.3. The summed E-state index contributed by atoms with van der Waals surface area (Å²) in [6.07, 6.45) is 2.09. The average molecular weight is 479 g/mol. The Labute approximate surface area is 198 Å². The molecule has 8 heteroatoms. The summed E-state index contributed by atoms with van der Waals surface area (Å²) in [5.74, 6) is 1.12. The number of aryl methyl sites for hydroxylation is 1. The van der Waals surface area contributed by atoms with Gasteiger partial charge in [-0.05, 0) is 54.7 Å². The second-order valence-corrected chi connectivity index (χ2v) is 8.50. The highest BCUT2D eigenvalue weighted by Gasteiger charge is 2.29. The number of carbonyl (C=O) groups excluding carboxylic acids is 2. The summed E-state index contributed by atoms with van der Waals surface area (Å²) in [4.78, 5) is 27.8. The monoisotopic (exact) mass is 478 g/mol. The Bertz CT molecular complexity index is 967. The molecule has 1 atom stereocenters. The van der Waals surface area contributed by atoms with E-state index >= 15 is 0 Å². The Morgan fingerprint density at radius 1 is 1.09 bits per heavy atom. The minimum absolute atomic E-state index is 0.118. The van der Waals surface area contributed by atoms with Crippen LogP contribution in [0.1, 0.15) is 44.2 Å². The van der Waals surface area contributed by atoms with Crippen molar-refractivity contribution in [2.45, 2.75) is 52.1 Å². The molecule has 3 rings (SSSR count). The van der Waals surface area contributed by atoms with Gasteiger partial charge in [-0.1, -0.05) is 49.2 Å². The van der Waals surface area contributed by atoms with Crippen LogP contribution < -0.4 is 14.8 Å². The van der Waals surface area contributed by atoms with E-state index in [9.17, 15) is 9.59 Å². The summed E-state index contributed by atoms with van der Waals surface area (Å²) in [5, 5.41) is 3.90. The van der Waals surface area contributed by atoms with Gasteiger partial charge in [-0.2, -0.15) is 0 Å². The molecule has 2 aromatic carbocycles. The van der Waals surface area contributed by atoms with Gasteiger partial charge in [0.1, 0.15) is 6.04 Å². The third-order valence-corrected chi connectivity index (χ3v) is 5.94. The van der Waals surface area contributed by atoms with Crippen molar-refractivity contribution in [1.82, 2.24) is 10.2 Å². The normalized spacial score (nSPS) is 13.0. The molecular formula is C24H28Cl2N2O4. The number of nitrogens with one attached hydrogen (secondary N) is 1. The summed E-state index contributed by atoms with van der Waals surface area (Å²) >= 11 is 12.4. The van der Waals surface area contributed by atoms with Crippen LogP contribution in [-0.2, 0) is 22.6 Å². The largest absolute Gasteiger partial charge is 0.454 e. The first kappa shape index (κ1) is 24.2. The first-order chi connectivity index (χ1) is 15.4. The lowest BCUT2D eigenvalue weighted by Crippen LogP contribution is -2.49. The van der Waals surface area contributed by atoms with E-state index in [0.29, 0.717) is 40.9 Å². The lowest BCUT2D eigenvalue weighted by atomic mass is 10.1. The van der Waals surface area contributed by atoms with Crippen molar-refractivity contribution in [3.8, 4) is 11.5 Å². The van der Waals surface area contributed by atoms with Crippen molar-refractivity contribution >= 4 is 35.0 Å². The van der Waals surface area contributed by atoms with Gasteiger partial charge in [0.05, 0.1) is 0 Å². The summed E-state index contributed by atoms with van der Waals surface area (Å²) in [7, 11) is 0. The third-order valence-electron chi connectivity index (χ3n) is 5.36. The first-order valence-electron chi connectivity index (χ1n) is 10.8. The maximum atomic E-state index is 13.3. The molecule has 0 saturated heterocycles. The topological polar surface area (TPSA) is 67.9 Å². The average Bonchev–Trinajstić information content (AvgIpc) is 3.25. The van der Waals surface area contributed by atoms with Crippen LogP contribution in [0.3, 0.4) is 0 Å². The van der Waals surface area contributed by atoms with Gasteiger partial charge in [0, 0.05) is 29.6 Å². The smallest absolute Gasteiger partial charge is 0.242 e. The SMILES string of the molecule is CCCNC(=O)[C@@H](CC)N(Cc1ccc(Cl)cc1Cl)C(=O)CCc1ccc2c(c1)OCO2. The molecule has 0 aromatic heterocycles. The summed E-state index contributed by atoms with van der Waals surface area (Å²) in [6, 6.07) is 10.2. The Hall–Kier alpha value is -2.44. The molecular weight excluding hydrogens is 451 g/mol. The molecule has 6 nitrogen and oxygen atoms in total. The molecule has 172 valence electrons. The lowest BCUT2D eigenvalue weighted by molar-refractivity contribution is -0.141. The lowest BCUT2D eigenvalue weighted by Gasteiger charge is -2.31. The van der Waals surface area contributed by atoms with Crippen LogP contribution in [0.4, 0.5) is 0 Å². The Morgan fingerprint density at radius 2 is 1.88 bits per heavy atom. The Kier molecular flexibility index (Phi) is 8.65. The zero-order valence-corrected chi connectivity index (χ0v) is 19.8. The van der Waals surface area contributed by atoms with Gasteiger partial charge in [0.25, 0.3) is 0 Å². The zero-order valence-electron chi connectivity index (χ0n) is 18.3. The van der Waals surface area contributed by atoms with Gasteiger partial charge in [-0.25, -0.2) is 0 Å². The standard InChI is InChI=1S/C24H28Cl2N2O4/c1-3-11-27-24(30)20(4-2)28(14-17-7-8-18(25)13-19(17)26)23(29)10-6-16-5-9-21-22(12-16)32-15-31-21/h5,7-9,12-13,20H,3-4,6,10-11,14-15H2,1-2H3,(H,27,30)/t20-/m1/s1. The second-order valence-electron chi connectivity index (χ2n) is 7.66. The molecule has 0 aliphatic carbocycles. The number of hydrogen-bond donors (Lipinski definition) is 1. The van der Waals surface area contributed by atoms with Crippen molar-refractivity contribution in [2.24, 2.45) is 0 Å². The van der Waals surface area contributed by atoms with E-state index in [2.05, 4.69) is 5.32 Å². The minimum atomic E-state index is -0.586. The molecule has 1 aliphatic rings. The number of halogens is 2. The van der Waals surface area contributed by atoms with Crippen molar-refractivity contribution in [3.63, 3.8) is 0 Å². The molecule has 0 saturated carbocycles. The fraction of sp³-hybridized carbons (Fsp3) is 0.417. The van der Waals surface area contributed by atoms with Crippen LogP contribution in [0.5, 0.6) is 11.5 Å². The number of amides is 2. The summed E-state index contributed by atoms with van der Waals surface area (Å²) < 4.78 is 10.8. The second kappa shape index (κ2) is 11.4.